The maximum absolute atomic E-state index is 12.6. The first-order valence-electron chi connectivity index (χ1n) is 14.5. The van der Waals surface area contributed by atoms with E-state index in [1.807, 2.05) is 0 Å². The third-order valence-electron chi connectivity index (χ3n) is 6.61. The molecule has 0 aliphatic heterocycles. The van der Waals surface area contributed by atoms with Crippen molar-refractivity contribution in [1.82, 2.24) is 0 Å². The van der Waals surface area contributed by atoms with Crippen molar-refractivity contribution >= 4 is 37.2 Å². The van der Waals surface area contributed by atoms with E-state index in [1.54, 1.807) is 24.3 Å². The van der Waals surface area contributed by atoms with Crippen LogP contribution < -0.4 is 5.32 Å². The van der Waals surface area contributed by atoms with Gasteiger partial charge in [-0.25, -0.2) is 8.42 Å². The third-order valence-corrected chi connectivity index (χ3v) is 8.47. The molecule has 0 unspecified atom stereocenters. The Kier molecular flexibility index (Phi) is 15.3. The highest BCUT2D eigenvalue weighted by Gasteiger charge is 2.14. The number of sulfonamides is 2. The van der Waals surface area contributed by atoms with Crippen molar-refractivity contribution in [3.8, 4) is 0 Å². The quantitative estimate of drug-likeness (QED) is 0.127. The van der Waals surface area contributed by atoms with Crippen molar-refractivity contribution in [3.63, 3.8) is 0 Å². The molecule has 0 saturated carbocycles. The minimum Gasteiger partial charge on any atom is -0.385 e. The largest absolute Gasteiger partial charge is 0.385 e. The molecule has 1 N–H and O–H groups in total. The van der Waals surface area contributed by atoms with E-state index in [-0.39, 0.29) is 16.3 Å². The Hall–Kier alpha value is -2.26. The molecule has 0 radical (unpaired) electrons. The average molecular weight is 578 g/mol. The zero-order valence-electron chi connectivity index (χ0n) is 23.8. The maximum Gasteiger partial charge on any atom is 0.282 e. The van der Waals surface area contributed by atoms with Crippen LogP contribution >= 0.6 is 0 Å². The summed E-state index contributed by atoms with van der Waals surface area (Å²) < 4.78 is 55.1. The van der Waals surface area contributed by atoms with E-state index in [2.05, 4.69) is 21.0 Å². The molecule has 1 aromatic carbocycles. The number of benzene rings is 1. The summed E-state index contributed by atoms with van der Waals surface area (Å²) in [5, 5.41) is 3.36. The van der Waals surface area contributed by atoms with Gasteiger partial charge in [0.15, 0.2) is 0 Å². The number of nitrogens with zero attached hydrogens (tertiary/aromatic N) is 2. The fraction of sp³-hybridized carbons (Fsp3) is 0.600. The van der Waals surface area contributed by atoms with Crippen molar-refractivity contribution in [2.24, 2.45) is 8.80 Å². The van der Waals surface area contributed by atoms with Crippen LogP contribution in [0.4, 0.5) is 5.69 Å². The summed E-state index contributed by atoms with van der Waals surface area (Å²) in [7, 11) is -7.41. The van der Waals surface area contributed by atoms with Gasteiger partial charge in [-0.15, -0.1) is 0 Å². The van der Waals surface area contributed by atoms with Gasteiger partial charge in [0.05, 0.1) is 22.6 Å². The van der Waals surface area contributed by atoms with Crippen LogP contribution in [0.3, 0.4) is 0 Å². The summed E-state index contributed by atoms with van der Waals surface area (Å²) >= 11 is 0. The molecule has 0 spiro atoms. The van der Waals surface area contributed by atoms with Gasteiger partial charge in [0.25, 0.3) is 20.0 Å². The maximum atomic E-state index is 12.6. The van der Waals surface area contributed by atoms with E-state index >= 15 is 0 Å². The predicted molar refractivity (Wildman–Crippen MR) is 165 cm³/mol. The lowest BCUT2D eigenvalue weighted by Crippen LogP contribution is -2.07. The summed E-state index contributed by atoms with van der Waals surface area (Å²) in [5.41, 5.74) is 1.31. The molecule has 9 heteroatoms. The third kappa shape index (κ3) is 15.2. The monoisotopic (exact) mass is 577 g/mol. The second-order valence-corrected chi connectivity index (χ2v) is 13.6. The van der Waals surface area contributed by atoms with Crippen LogP contribution in [0.5, 0.6) is 0 Å². The summed E-state index contributed by atoms with van der Waals surface area (Å²) in [6.07, 6.45) is 26.8. The smallest absolute Gasteiger partial charge is 0.282 e. The number of anilines is 1. The zero-order chi connectivity index (χ0) is 28.4. The van der Waals surface area contributed by atoms with E-state index in [4.69, 9.17) is 0 Å². The Labute approximate surface area is 237 Å². The van der Waals surface area contributed by atoms with Crippen LogP contribution in [-0.4, -0.2) is 41.1 Å². The van der Waals surface area contributed by atoms with Crippen LogP contribution in [0.2, 0.25) is 0 Å². The fourth-order valence-corrected chi connectivity index (χ4v) is 5.92. The molecule has 218 valence electrons. The first-order chi connectivity index (χ1) is 18.7. The molecule has 2 rings (SSSR count). The van der Waals surface area contributed by atoms with Crippen molar-refractivity contribution < 1.29 is 16.8 Å². The molecule has 1 aliphatic rings. The lowest BCUT2D eigenvalue weighted by Gasteiger charge is -2.08. The topological polar surface area (TPSA) is 105 Å². The van der Waals surface area contributed by atoms with Gasteiger partial charge < -0.3 is 5.32 Å². The number of nitrogens with one attached hydrogen (secondary N) is 1. The van der Waals surface area contributed by atoms with Crippen molar-refractivity contribution in [2.45, 2.75) is 108 Å². The van der Waals surface area contributed by atoms with Crippen LogP contribution in [0.15, 0.2) is 62.3 Å². The van der Waals surface area contributed by atoms with Gasteiger partial charge in [0, 0.05) is 12.2 Å². The molecule has 0 amide bonds. The lowest BCUT2D eigenvalue weighted by atomic mass is 10.0. The Morgan fingerprint density at radius 1 is 0.590 bits per heavy atom. The number of rotatable bonds is 20. The van der Waals surface area contributed by atoms with Crippen molar-refractivity contribution in [2.75, 3.05) is 18.1 Å². The second-order valence-electron chi connectivity index (χ2n) is 10.3. The van der Waals surface area contributed by atoms with Gasteiger partial charge >= 0.3 is 0 Å². The SMILES string of the molecule is CCCCCCCCCCCCCCCCCNc1ccc(S(=O)(=O)N=C2C=CC(=NS(C)(=O)=O)C=C2)cc1. The number of hydrogen-bond acceptors (Lipinski definition) is 5. The molecule has 1 aromatic rings. The predicted octanol–water partition coefficient (Wildman–Crippen LogP) is 7.63. The minimum atomic E-state index is -3.88. The summed E-state index contributed by atoms with van der Waals surface area (Å²) in [4.78, 5) is 0.102. The average Bonchev–Trinajstić information content (AvgIpc) is 2.89. The van der Waals surface area contributed by atoms with Crippen LogP contribution in [0.1, 0.15) is 103 Å². The Morgan fingerprint density at radius 2 is 1.00 bits per heavy atom. The van der Waals surface area contributed by atoms with Gasteiger partial charge in [-0.05, 0) is 55.0 Å². The van der Waals surface area contributed by atoms with Gasteiger partial charge in [-0.1, -0.05) is 96.8 Å². The standard InChI is InChI=1S/C30H47N3O4S2/c1-3-4-5-6-7-8-9-10-11-12-13-14-15-16-17-26-31-27-22-24-30(25-23-27)39(36,37)33-29-20-18-28(19-21-29)32-38(2,34)35/h18-25,31H,3-17,26H2,1-2H3. The highest BCUT2D eigenvalue weighted by atomic mass is 32.2. The molecular weight excluding hydrogens is 530 g/mol. The van der Waals surface area contributed by atoms with Gasteiger partial charge in [0.2, 0.25) is 0 Å². The van der Waals surface area contributed by atoms with E-state index in [0.717, 1.165) is 24.9 Å². The molecule has 0 aromatic heterocycles. The number of hydrogen-bond donors (Lipinski definition) is 1. The normalized spacial score (nSPS) is 13.6. The van der Waals surface area contributed by atoms with Gasteiger partial charge in [-0.3, -0.25) is 0 Å². The first-order valence-corrected chi connectivity index (χ1v) is 17.8. The summed E-state index contributed by atoms with van der Waals surface area (Å²) in [5.74, 6) is 0. The van der Waals surface area contributed by atoms with Crippen LogP contribution in [0.25, 0.3) is 0 Å². The molecule has 0 atom stereocenters. The highest BCUT2D eigenvalue weighted by Crippen LogP contribution is 2.18. The molecule has 0 fully saturated rings. The molecule has 7 nitrogen and oxygen atoms in total. The van der Waals surface area contributed by atoms with Crippen LogP contribution in [-0.2, 0) is 20.0 Å². The van der Waals surface area contributed by atoms with E-state index in [1.165, 1.54) is 114 Å². The van der Waals surface area contributed by atoms with E-state index in [0.29, 0.717) is 0 Å². The molecule has 0 bridgehead atoms. The van der Waals surface area contributed by atoms with Gasteiger partial charge in [-0.2, -0.15) is 17.2 Å². The fourth-order valence-electron chi connectivity index (χ4n) is 4.43. The molecule has 0 heterocycles. The summed E-state index contributed by atoms with van der Waals surface area (Å²) in [6, 6.07) is 6.59. The zero-order valence-corrected chi connectivity index (χ0v) is 25.4. The van der Waals surface area contributed by atoms with Crippen molar-refractivity contribution in [3.05, 3.63) is 48.6 Å². The van der Waals surface area contributed by atoms with Crippen molar-refractivity contribution in [1.29, 1.82) is 0 Å². The highest BCUT2D eigenvalue weighted by molar-refractivity contribution is 7.90. The van der Waals surface area contributed by atoms with E-state index < -0.39 is 20.0 Å². The summed E-state index contributed by atoms with van der Waals surface area (Å²) in [6.45, 7) is 3.13. The Morgan fingerprint density at radius 3 is 1.44 bits per heavy atom. The van der Waals surface area contributed by atoms with Gasteiger partial charge in [0.1, 0.15) is 0 Å². The first kappa shape index (κ1) is 32.9. The molecule has 0 saturated heterocycles. The minimum absolute atomic E-state index is 0.102. The number of unbranched alkanes of at least 4 members (excludes halogenated alkanes) is 14. The Bertz CT molecular complexity index is 1170. The second kappa shape index (κ2) is 18.2. The Balaban J connectivity index is 1.58. The molecule has 39 heavy (non-hydrogen) atoms. The lowest BCUT2D eigenvalue weighted by molar-refractivity contribution is 0.533. The van der Waals surface area contributed by atoms with Crippen LogP contribution in [0, 0.1) is 0 Å². The molecular formula is C30H47N3O4S2. The molecule has 1 aliphatic carbocycles. The van der Waals surface area contributed by atoms with E-state index in [9.17, 15) is 16.8 Å². The number of allylic oxidation sites excluding steroid dienone is 4.